The van der Waals surface area contributed by atoms with Crippen LogP contribution in [0.25, 0.3) is 0 Å². The molecule has 0 saturated heterocycles. The van der Waals surface area contributed by atoms with Crippen LogP contribution in [0.4, 0.5) is 5.69 Å². The molecular weight excluding hydrogens is 306 g/mol. The molecule has 0 amide bonds. The average Bonchev–Trinajstić information content (AvgIpc) is 2.74. The molecule has 19 heavy (non-hydrogen) atoms. The molecule has 4 nitrogen and oxygen atoms in total. The van der Waals surface area contributed by atoms with Crippen molar-refractivity contribution in [3.63, 3.8) is 0 Å². The highest BCUT2D eigenvalue weighted by Gasteiger charge is 2.13. The normalized spacial score (nSPS) is 10.5. The van der Waals surface area contributed by atoms with Crippen molar-refractivity contribution >= 4 is 27.4 Å². The molecule has 0 saturated carbocycles. The Kier molecular flexibility index (Phi) is 4.04. The van der Waals surface area contributed by atoms with E-state index in [0.717, 1.165) is 21.5 Å². The summed E-state index contributed by atoms with van der Waals surface area (Å²) in [5, 5.41) is 0. The van der Waals surface area contributed by atoms with Crippen molar-refractivity contribution in [2.75, 3.05) is 11.9 Å². The number of nitrogens with zero attached hydrogens (tertiary/aromatic N) is 3. The number of Topliss-reactive ketones (excluding diaryl/α,β-unsaturated/α-hetero) is 1. The summed E-state index contributed by atoms with van der Waals surface area (Å²) >= 11 is 3.45. The molecule has 100 valence electrons. The molecule has 1 aromatic carbocycles. The van der Waals surface area contributed by atoms with Gasteiger partial charge in [-0.2, -0.15) is 0 Å². The van der Waals surface area contributed by atoms with Gasteiger partial charge in [-0.05, 0) is 25.1 Å². The number of benzene rings is 1. The summed E-state index contributed by atoms with van der Waals surface area (Å²) in [7, 11) is 3.92. The molecule has 0 fully saturated rings. The molecule has 5 heteroatoms. The van der Waals surface area contributed by atoms with Gasteiger partial charge in [0.05, 0.1) is 6.54 Å². The first-order valence-corrected chi connectivity index (χ1v) is 6.76. The number of halogens is 1. The van der Waals surface area contributed by atoms with Crippen molar-refractivity contribution in [3.8, 4) is 0 Å². The van der Waals surface area contributed by atoms with Crippen LogP contribution in [0.15, 0.2) is 35.1 Å². The predicted molar refractivity (Wildman–Crippen MR) is 79.5 cm³/mol. The van der Waals surface area contributed by atoms with E-state index in [1.165, 1.54) is 0 Å². The highest BCUT2D eigenvalue weighted by atomic mass is 79.9. The highest BCUT2D eigenvalue weighted by Crippen LogP contribution is 2.25. The predicted octanol–water partition coefficient (Wildman–Crippen LogP) is 3.02. The molecule has 0 aliphatic heterocycles. The smallest absolute Gasteiger partial charge is 0.161 e. The average molecular weight is 322 g/mol. The van der Waals surface area contributed by atoms with Gasteiger partial charge in [-0.1, -0.05) is 15.9 Å². The molecule has 0 atom stereocenters. The van der Waals surface area contributed by atoms with Gasteiger partial charge in [0.2, 0.25) is 0 Å². The van der Waals surface area contributed by atoms with Crippen LogP contribution in [0.5, 0.6) is 0 Å². The Morgan fingerprint density at radius 3 is 2.79 bits per heavy atom. The Hall–Kier alpha value is -1.62. The van der Waals surface area contributed by atoms with Gasteiger partial charge in [0, 0.05) is 42.2 Å². The van der Waals surface area contributed by atoms with Gasteiger partial charge in [0.25, 0.3) is 0 Å². The Balaban J connectivity index is 2.32. The minimum absolute atomic E-state index is 0.0641. The summed E-state index contributed by atoms with van der Waals surface area (Å²) in [6.45, 7) is 2.24. The molecule has 1 heterocycles. The van der Waals surface area contributed by atoms with Crippen LogP contribution in [0.1, 0.15) is 23.1 Å². The zero-order valence-electron chi connectivity index (χ0n) is 11.2. The molecule has 0 spiro atoms. The number of carbonyl (C=O) groups excluding carboxylic acids is 1. The molecular formula is C14H16BrN3O. The second kappa shape index (κ2) is 5.57. The quantitative estimate of drug-likeness (QED) is 0.812. The first-order chi connectivity index (χ1) is 8.99. The van der Waals surface area contributed by atoms with Gasteiger partial charge < -0.3 is 9.47 Å². The third-order valence-corrected chi connectivity index (χ3v) is 3.54. The minimum atomic E-state index is 0.0641. The third kappa shape index (κ3) is 3.04. The van der Waals surface area contributed by atoms with Crippen LogP contribution in [0.2, 0.25) is 0 Å². The summed E-state index contributed by atoms with van der Waals surface area (Å²) in [6, 6.07) is 5.69. The number of rotatable bonds is 4. The molecule has 0 unspecified atom stereocenters. The van der Waals surface area contributed by atoms with Crippen LogP contribution in [0, 0.1) is 0 Å². The van der Waals surface area contributed by atoms with Crippen LogP contribution in [-0.4, -0.2) is 22.4 Å². The molecule has 0 N–H and O–H groups in total. The SMILES string of the molecule is CC(=O)c1ccc(Br)cc1N(C)Cc1nccn1C. The number of carbonyl (C=O) groups is 1. The fourth-order valence-corrected chi connectivity index (χ4v) is 2.31. The Morgan fingerprint density at radius 1 is 1.47 bits per heavy atom. The monoisotopic (exact) mass is 321 g/mol. The lowest BCUT2D eigenvalue weighted by atomic mass is 10.1. The second-order valence-corrected chi connectivity index (χ2v) is 5.44. The Bertz CT molecular complexity index is 606. The van der Waals surface area contributed by atoms with E-state index >= 15 is 0 Å². The van der Waals surface area contributed by atoms with E-state index in [-0.39, 0.29) is 5.78 Å². The lowest BCUT2D eigenvalue weighted by Crippen LogP contribution is -2.21. The zero-order chi connectivity index (χ0) is 14.0. The van der Waals surface area contributed by atoms with Gasteiger partial charge in [0.15, 0.2) is 5.78 Å². The number of hydrogen-bond acceptors (Lipinski definition) is 3. The van der Waals surface area contributed by atoms with Crippen molar-refractivity contribution in [2.24, 2.45) is 7.05 Å². The van der Waals surface area contributed by atoms with Gasteiger partial charge >= 0.3 is 0 Å². The van der Waals surface area contributed by atoms with Crippen LogP contribution >= 0.6 is 15.9 Å². The largest absolute Gasteiger partial charge is 0.366 e. The number of aromatic nitrogens is 2. The summed E-state index contributed by atoms with van der Waals surface area (Å²) in [5.41, 5.74) is 1.63. The van der Waals surface area contributed by atoms with Crippen molar-refractivity contribution in [1.82, 2.24) is 9.55 Å². The summed E-state index contributed by atoms with van der Waals surface area (Å²) in [6.07, 6.45) is 3.69. The first-order valence-electron chi connectivity index (χ1n) is 5.97. The number of ketones is 1. The van der Waals surface area contributed by atoms with Gasteiger partial charge in [-0.15, -0.1) is 0 Å². The lowest BCUT2D eigenvalue weighted by molar-refractivity contribution is 0.101. The van der Waals surface area contributed by atoms with Crippen molar-refractivity contribution < 1.29 is 4.79 Å². The van der Waals surface area contributed by atoms with E-state index in [9.17, 15) is 4.79 Å². The minimum Gasteiger partial charge on any atom is -0.366 e. The van der Waals surface area contributed by atoms with Crippen molar-refractivity contribution in [1.29, 1.82) is 0 Å². The first kappa shape index (κ1) is 13.8. The summed E-state index contributed by atoms with van der Waals surface area (Å²) in [4.78, 5) is 18.0. The number of imidazole rings is 1. The molecule has 0 aliphatic carbocycles. The molecule has 2 aromatic rings. The van der Waals surface area contributed by atoms with E-state index in [1.54, 1.807) is 13.1 Å². The maximum absolute atomic E-state index is 11.7. The van der Waals surface area contributed by atoms with Crippen molar-refractivity contribution in [3.05, 3.63) is 46.5 Å². The van der Waals surface area contributed by atoms with Crippen LogP contribution in [0.3, 0.4) is 0 Å². The van der Waals surface area contributed by atoms with E-state index in [2.05, 4.69) is 20.9 Å². The van der Waals surface area contributed by atoms with Gasteiger partial charge in [0.1, 0.15) is 5.82 Å². The summed E-state index contributed by atoms with van der Waals surface area (Å²) in [5.74, 6) is 1.02. The molecule has 0 bridgehead atoms. The topological polar surface area (TPSA) is 38.1 Å². The van der Waals surface area contributed by atoms with Crippen molar-refractivity contribution in [2.45, 2.75) is 13.5 Å². The maximum Gasteiger partial charge on any atom is 0.161 e. The number of anilines is 1. The standard InChI is InChI=1S/C14H16BrN3O/c1-10(19)12-5-4-11(15)8-13(12)18(3)9-14-16-6-7-17(14)2/h4-8H,9H2,1-3H3. The lowest BCUT2D eigenvalue weighted by Gasteiger charge is -2.21. The second-order valence-electron chi connectivity index (χ2n) is 4.53. The molecule has 1 aromatic heterocycles. The molecule has 0 aliphatic rings. The summed E-state index contributed by atoms with van der Waals surface area (Å²) < 4.78 is 2.93. The zero-order valence-corrected chi connectivity index (χ0v) is 12.8. The van der Waals surface area contributed by atoms with Crippen LogP contribution < -0.4 is 4.90 Å². The van der Waals surface area contributed by atoms with E-state index in [0.29, 0.717) is 6.54 Å². The Labute approximate surface area is 121 Å². The van der Waals surface area contributed by atoms with E-state index in [4.69, 9.17) is 0 Å². The maximum atomic E-state index is 11.7. The highest BCUT2D eigenvalue weighted by molar-refractivity contribution is 9.10. The molecule has 0 radical (unpaired) electrons. The fourth-order valence-electron chi connectivity index (χ4n) is 1.96. The number of hydrogen-bond donors (Lipinski definition) is 0. The molecule has 2 rings (SSSR count). The van der Waals surface area contributed by atoms with E-state index < -0.39 is 0 Å². The Morgan fingerprint density at radius 2 is 2.21 bits per heavy atom. The van der Waals surface area contributed by atoms with E-state index in [1.807, 2.05) is 48.0 Å². The van der Waals surface area contributed by atoms with Gasteiger partial charge in [-0.3, -0.25) is 4.79 Å². The van der Waals surface area contributed by atoms with Gasteiger partial charge in [-0.25, -0.2) is 4.98 Å². The van der Waals surface area contributed by atoms with Crippen LogP contribution in [-0.2, 0) is 13.6 Å². The third-order valence-electron chi connectivity index (χ3n) is 3.05. The fraction of sp³-hybridized carbons (Fsp3) is 0.286. The number of aryl methyl sites for hydroxylation is 1.